The average molecular weight is 446 g/mol. The minimum absolute atomic E-state index is 0.0431. The first-order valence-corrected chi connectivity index (χ1v) is 11.1. The van der Waals surface area contributed by atoms with Gasteiger partial charge in [-0.1, -0.05) is 35.9 Å². The molecule has 1 aliphatic heterocycles. The van der Waals surface area contributed by atoms with Crippen molar-refractivity contribution < 1.29 is 15.0 Å². The van der Waals surface area contributed by atoms with E-state index in [9.17, 15) is 15.0 Å². The fraction of sp³-hybridized carbons (Fsp3) is 0.458. The molecule has 6 nitrogen and oxygen atoms in total. The van der Waals surface area contributed by atoms with Crippen molar-refractivity contribution in [2.75, 3.05) is 40.8 Å². The van der Waals surface area contributed by atoms with Gasteiger partial charge in [-0.15, -0.1) is 0 Å². The molecule has 168 valence electrons. The molecule has 0 saturated carbocycles. The number of rotatable bonds is 8. The van der Waals surface area contributed by atoms with Crippen LogP contribution in [-0.4, -0.2) is 71.6 Å². The molecule has 7 heteroatoms. The van der Waals surface area contributed by atoms with Gasteiger partial charge in [-0.05, 0) is 70.7 Å². The van der Waals surface area contributed by atoms with Crippen LogP contribution in [0, 0.1) is 0 Å². The standard InChI is InChI=1S/C24H32ClN3O3/c1-26(2)10-6-11-27(3)16-17-7-4-8-18(13-17)21-9-5-12-28(21)24(31)19-14-20(25)23(30)15-22(19)29/h4,7-8,13-15,21,29-30H,5-6,9-12,16H2,1-3H3. The first kappa shape index (κ1) is 23.4. The number of aromatic hydroxyl groups is 2. The van der Waals surface area contributed by atoms with Gasteiger partial charge in [0.25, 0.3) is 5.91 Å². The van der Waals surface area contributed by atoms with Gasteiger partial charge in [-0.2, -0.15) is 0 Å². The molecule has 3 rings (SSSR count). The predicted molar refractivity (Wildman–Crippen MR) is 124 cm³/mol. The highest BCUT2D eigenvalue weighted by Crippen LogP contribution is 2.37. The van der Waals surface area contributed by atoms with Gasteiger partial charge in [-0.3, -0.25) is 4.79 Å². The minimum Gasteiger partial charge on any atom is -0.507 e. The number of nitrogens with zero attached hydrogens (tertiary/aromatic N) is 3. The lowest BCUT2D eigenvalue weighted by Gasteiger charge is -2.26. The molecule has 1 atom stereocenters. The van der Waals surface area contributed by atoms with Crippen molar-refractivity contribution in [3.05, 3.63) is 58.1 Å². The third-order valence-corrected chi connectivity index (χ3v) is 6.05. The van der Waals surface area contributed by atoms with E-state index in [1.54, 1.807) is 4.90 Å². The SMILES string of the molecule is CN(C)CCCN(C)Cc1cccc(C2CCCN2C(=O)c2cc(Cl)c(O)cc2O)c1. The number of amides is 1. The van der Waals surface area contributed by atoms with Crippen LogP contribution >= 0.6 is 11.6 Å². The summed E-state index contributed by atoms with van der Waals surface area (Å²) in [5, 5.41) is 19.9. The molecule has 1 heterocycles. The Hall–Kier alpha value is -2.28. The van der Waals surface area contributed by atoms with Crippen LogP contribution in [0.3, 0.4) is 0 Å². The van der Waals surface area contributed by atoms with E-state index in [0.717, 1.165) is 50.5 Å². The Morgan fingerprint density at radius 3 is 2.65 bits per heavy atom. The minimum atomic E-state index is -0.270. The van der Waals surface area contributed by atoms with E-state index >= 15 is 0 Å². The van der Waals surface area contributed by atoms with Crippen LogP contribution < -0.4 is 0 Å². The predicted octanol–water partition coefficient (Wildman–Crippen LogP) is 4.11. The van der Waals surface area contributed by atoms with E-state index in [0.29, 0.717) is 6.54 Å². The van der Waals surface area contributed by atoms with Crippen molar-refractivity contribution in [3.63, 3.8) is 0 Å². The number of likely N-dealkylation sites (tertiary alicyclic amines) is 1. The van der Waals surface area contributed by atoms with Gasteiger partial charge in [0, 0.05) is 19.2 Å². The van der Waals surface area contributed by atoms with Crippen molar-refractivity contribution in [2.45, 2.75) is 31.8 Å². The maximum absolute atomic E-state index is 13.2. The maximum atomic E-state index is 13.2. The molecular formula is C24H32ClN3O3. The Morgan fingerprint density at radius 1 is 1.13 bits per heavy atom. The van der Waals surface area contributed by atoms with Gasteiger partial charge in [0.05, 0.1) is 16.6 Å². The van der Waals surface area contributed by atoms with Gasteiger partial charge in [-0.25, -0.2) is 0 Å². The van der Waals surface area contributed by atoms with Crippen LogP contribution in [0.2, 0.25) is 5.02 Å². The van der Waals surface area contributed by atoms with Crippen LogP contribution in [0.5, 0.6) is 11.5 Å². The highest BCUT2D eigenvalue weighted by atomic mass is 35.5. The summed E-state index contributed by atoms with van der Waals surface area (Å²) in [4.78, 5) is 19.5. The van der Waals surface area contributed by atoms with Gasteiger partial charge in [0.2, 0.25) is 0 Å². The topological polar surface area (TPSA) is 67.2 Å². The molecule has 1 aliphatic rings. The molecule has 2 aromatic carbocycles. The molecule has 31 heavy (non-hydrogen) atoms. The number of hydrogen-bond acceptors (Lipinski definition) is 5. The quantitative estimate of drug-likeness (QED) is 0.640. The second-order valence-corrected chi connectivity index (χ2v) is 9.02. The zero-order valence-electron chi connectivity index (χ0n) is 18.5. The average Bonchev–Trinajstić information content (AvgIpc) is 3.20. The first-order chi connectivity index (χ1) is 14.8. The van der Waals surface area contributed by atoms with Crippen LogP contribution in [0.15, 0.2) is 36.4 Å². The summed E-state index contributed by atoms with van der Waals surface area (Å²) in [5.74, 6) is -0.769. The van der Waals surface area contributed by atoms with Crippen LogP contribution in [0.4, 0.5) is 0 Å². The lowest BCUT2D eigenvalue weighted by Crippen LogP contribution is -2.30. The largest absolute Gasteiger partial charge is 0.507 e. The summed E-state index contributed by atoms with van der Waals surface area (Å²) in [5.41, 5.74) is 2.44. The molecular weight excluding hydrogens is 414 g/mol. The van der Waals surface area contributed by atoms with E-state index in [2.05, 4.69) is 49.1 Å². The van der Waals surface area contributed by atoms with E-state index in [1.165, 1.54) is 11.6 Å². The third kappa shape index (κ3) is 5.91. The van der Waals surface area contributed by atoms with E-state index in [-0.39, 0.29) is 34.0 Å². The Balaban J connectivity index is 1.73. The molecule has 0 radical (unpaired) electrons. The monoisotopic (exact) mass is 445 g/mol. The summed E-state index contributed by atoms with van der Waals surface area (Å²) in [7, 11) is 6.30. The first-order valence-electron chi connectivity index (χ1n) is 10.7. The lowest BCUT2D eigenvalue weighted by molar-refractivity contribution is 0.0732. The van der Waals surface area contributed by atoms with Crippen molar-refractivity contribution in [3.8, 4) is 11.5 Å². The molecule has 2 N–H and O–H groups in total. The molecule has 1 saturated heterocycles. The second-order valence-electron chi connectivity index (χ2n) is 8.62. The number of phenolic OH excluding ortho intramolecular Hbond substituents is 2. The molecule has 0 spiro atoms. The second kappa shape index (κ2) is 10.4. The highest BCUT2D eigenvalue weighted by molar-refractivity contribution is 6.32. The van der Waals surface area contributed by atoms with E-state index in [1.807, 2.05) is 6.07 Å². The number of phenols is 2. The summed E-state index contributed by atoms with van der Waals surface area (Å²) < 4.78 is 0. The number of halogens is 1. The van der Waals surface area contributed by atoms with Crippen LogP contribution in [0.1, 0.15) is 46.8 Å². The number of benzene rings is 2. The third-order valence-electron chi connectivity index (χ3n) is 5.74. The number of carbonyl (C=O) groups excluding carboxylic acids is 1. The molecule has 2 aromatic rings. The molecule has 1 unspecified atom stereocenters. The van der Waals surface area contributed by atoms with Crippen LogP contribution in [0.25, 0.3) is 0 Å². The van der Waals surface area contributed by atoms with Crippen molar-refractivity contribution in [1.82, 2.24) is 14.7 Å². The lowest BCUT2D eigenvalue weighted by atomic mass is 10.0. The zero-order chi connectivity index (χ0) is 22.5. The highest BCUT2D eigenvalue weighted by Gasteiger charge is 2.32. The summed E-state index contributed by atoms with van der Waals surface area (Å²) in [6, 6.07) is 10.8. The van der Waals surface area contributed by atoms with Gasteiger partial charge in [0.15, 0.2) is 0 Å². The number of hydrogen-bond donors (Lipinski definition) is 2. The summed E-state index contributed by atoms with van der Waals surface area (Å²) >= 11 is 5.97. The normalized spacial score (nSPS) is 16.5. The van der Waals surface area contributed by atoms with Crippen molar-refractivity contribution in [1.29, 1.82) is 0 Å². The Kier molecular flexibility index (Phi) is 7.81. The fourth-order valence-corrected chi connectivity index (χ4v) is 4.34. The molecule has 0 aliphatic carbocycles. The fourth-order valence-electron chi connectivity index (χ4n) is 4.18. The van der Waals surface area contributed by atoms with Gasteiger partial charge < -0.3 is 24.9 Å². The van der Waals surface area contributed by atoms with Gasteiger partial charge >= 0.3 is 0 Å². The molecule has 1 amide bonds. The summed E-state index contributed by atoms with van der Waals surface area (Å²) in [6.07, 6.45) is 2.89. The van der Waals surface area contributed by atoms with Crippen LogP contribution in [-0.2, 0) is 6.54 Å². The molecule has 0 bridgehead atoms. The maximum Gasteiger partial charge on any atom is 0.258 e. The molecule has 1 fully saturated rings. The zero-order valence-corrected chi connectivity index (χ0v) is 19.3. The smallest absolute Gasteiger partial charge is 0.258 e. The summed E-state index contributed by atoms with van der Waals surface area (Å²) in [6.45, 7) is 3.57. The molecule has 0 aromatic heterocycles. The van der Waals surface area contributed by atoms with E-state index in [4.69, 9.17) is 11.6 Å². The number of carbonyl (C=O) groups is 1. The van der Waals surface area contributed by atoms with E-state index < -0.39 is 0 Å². The Bertz CT molecular complexity index is 919. The van der Waals surface area contributed by atoms with Gasteiger partial charge in [0.1, 0.15) is 11.5 Å². The Labute approximate surface area is 189 Å². The van der Waals surface area contributed by atoms with Crippen molar-refractivity contribution >= 4 is 17.5 Å². The van der Waals surface area contributed by atoms with Crippen molar-refractivity contribution in [2.24, 2.45) is 0 Å². The Morgan fingerprint density at radius 2 is 1.90 bits per heavy atom.